The quantitative estimate of drug-likeness (QED) is 0.760. The van der Waals surface area contributed by atoms with Gasteiger partial charge in [-0.2, -0.15) is 0 Å². The van der Waals surface area contributed by atoms with E-state index in [9.17, 15) is 4.79 Å². The molecule has 0 aliphatic carbocycles. The molecule has 0 amide bonds. The van der Waals surface area contributed by atoms with Gasteiger partial charge in [0.05, 0.1) is 5.41 Å². The number of rotatable bonds is 3. The van der Waals surface area contributed by atoms with Crippen LogP contribution in [-0.2, 0) is 9.53 Å². The molecule has 1 heterocycles. The predicted octanol–water partition coefficient (Wildman–Crippen LogP) is 2.30. The van der Waals surface area contributed by atoms with Crippen molar-refractivity contribution >= 4 is 5.97 Å². The first kappa shape index (κ1) is 11.5. The number of hydrogen-bond donors (Lipinski definition) is 1. The Labute approximate surface area is 85.5 Å². The van der Waals surface area contributed by atoms with Gasteiger partial charge in [0.1, 0.15) is 0 Å². The van der Waals surface area contributed by atoms with E-state index in [1.807, 2.05) is 0 Å². The molecule has 1 rings (SSSR count). The van der Waals surface area contributed by atoms with Gasteiger partial charge < -0.3 is 9.84 Å². The van der Waals surface area contributed by atoms with Crippen molar-refractivity contribution in [1.29, 1.82) is 0 Å². The van der Waals surface area contributed by atoms with Gasteiger partial charge in [-0.05, 0) is 38.5 Å². The van der Waals surface area contributed by atoms with E-state index in [1.165, 1.54) is 0 Å². The average Bonchev–Trinajstić information content (AvgIpc) is 2.03. The molecule has 3 heteroatoms. The van der Waals surface area contributed by atoms with Gasteiger partial charge in [-0.3, -0.25) is 4.79 Å². The van der Waals surface area contributed by atoms with Crippen molar-refractivity contribution in [3.05, 3.63) is 0 Å². The molecular formula is C11H20O3. The lowest BCUT2D eigenvalue weighted by atomic mass is 9.70. The second kappa shape index (κ2) is 3.89. The molecule has 1 N–H and O–H groups in total. The monoisotopic (exact) mass is 200 g/mol. The van der Waals surface area contributed by atoms with Crippen LogP contribution in [0.15, 0.2) is 0 Å². The lowest BCUT2D eigenvalue weighted by Gasteiger charge is -2.38. The van der Waals surface area contributed by atoms with Crippen LogP contribution in [0.25, 0.3) is 0 Å². The number of ether oxygens (including phenoxy) is 1. The fourth-order valence-corrected chi connectivity index (χ4v) is 2.18. The molecule has 0 aromatic carbocycles. The minimum atomic E-state index is -0.704. The molecule has 0 bridgehead atoms. The Bertz CT molecular complexity index is 215. The molecular weight excluding hydrogens is 180 g/mol. The number of hydrogen-bond acceptors (Lipinski definition) is 2. The van der Waals surface area contributed by atoms with Crippen molar-refractivity contribution in [2.24, 2.45) is 10.8 Å². The summed E-state index contributed by atoms with van der Waals surface area (Å²) >= 11 is 0. The van der Waals surface area contributed by atoms with Gasteiger partial charge in [0.2, 0.25) is 0 Å². The zero-order valence-electron chi connectivity index (χ0n) is 9.30. The summed E-state index contributed by atoms with van der Waals surface area (Å²) in [6.45, 7) is 7.31. The van der Waals surface area contributed by atoms with E-state index in [1.54, 1.807) is 13.8 Å². The lowest BCUT2D eigenvalue weighted by molar-refractivity contribution is -0.149. The molecule has 0 saturated carbocycles. The molecule has 1 saturated heterocycles. The highest BCUT2D eigenvalue weighted by Gasteiger charge is 2.38. The highest BCUT2D eigenvalue weighted by molar-refractivity contribution is 5.73. The topological polar surface area (TPSA) is 46.5 Å². The van der Waals surface area contributed by atoms with E-state index in [2.05, 4.69) is 6.92 Å². The van der Waals surface area contributed by atoms with Crippen LogP contribution in [0, 0.1) is 10.8 Å². The molecule has 0 spiro atoms. The average molecular weight is 200 g/mol. The van der Waals surface area contributed by atoms with E-state index in [0.717, 1.165) is 32.5 Å². The second-order valence-corrected chi connectivity index (χ2v) is 5.29. The van der Waals surface area contributed by atoms with Crippen LogP contribution in [-0.4, -0.2) is 24.3 Å². The Hall–Kier alpha value is -0.570. The minimum Gasteiger partial charge on any atom is -0.481 e. The Morgan fingerprint density at radius 1 is 1.43 bits per heavy atom. The maximum Gasteiger partial charge on any atom is 0.309 e. The van der Waals surface area contributed by atoms with Gasteiger partial charge in [0.15, 0.2) is 0 Å². The Morgan fingerprint density at radius 3 is 2.36 bits per heavy atom. The molecule has 14 heavy (non-hydrogen) atoms. The molecule has 0 aromatic rings. The van der Waals surface area contributed by atoms with Crippen molar-refractivity contribution in [3.8, 4) is 0 Å². The first-order chi connectivity index (χ1) is 6.36. The number of carboxylic acid groups (broad SMARTS) is 1. The molecule has 1 aliphatic rings. The molecule has 0 radical (unpaired) electrons. The van der Waals surface area contributed by atoms with Crippen LogP contribution < -0.4 is 0 Å². The molecule has 0 atom stereocenters. The first-order valence-corrected chi connectivity index (χ1v) is 5.17. The fraction of sp³-hybridized carbons (Fsp3) is 0.909. The smallest absolute Gasteiger partial charge is 0.309 e. The van der Waals surface area contributed by atoms with Crippen molar-refractivity contribution in [2.45, 2.75) is 40.0 Å². The highest BCUT2D eigenvalue weighted by Crippen LogP contribution is 2.41. The molecule has 1 aliphatic heterocycles. The van der Waals surface area contributed by atoms with Crippen molar-refractivity contribution in [3.63, 3.8) is 0 Å². The van der Waals surface area contributed by atoms with E-state index in [-0.39, 0.29) is 5.41 Å². The molecule has 82 valence electrons. The van der Waals surface area contributed by atoms with E-state index in [4.69, 9.17) is 9.84 Å². The third-order valence-electron chi connectivity index (χ3n) is 3.15. The summed E-state index contributed by atoms with van der Waals surface area (Å²) in [6.07, 6.45) is 2.69. The maximum atomic E-state index is 11.0. The van der Waals surface area contributed by atoms with Gasteiger partial charge in [-0.25, -0.2) is 0 Å². The van der Waals surface area contributed by atoms with Crippen LogP contribution >= 0.6 is 0 Å². The Morgan fingerprint density at radius 2 is 1.93 bits per heavy atom. The summed E-state index contributed by atoms with van der Waals surface area (Å²) in [5, 5.41) is 9.06. The summed E-state index contributed by atoms with van der Waals surface area (Å²) in [4.78, 5) is 11.0. The summed E-state index contributed by atoms with van der Waals surface area (Å²) in [7, 11) is 0. The third-order valence-corrected chi connectivity index (χ3v) is 3.15. The van der Waals surface area contributed by atoms with Crippen LogP contribution in [0.4, 0.5) is 0 Å². The lowest BCUT2D eigenvalue weighted by Crippen LogP contribution is -2.35. The fourth-order valence-electron chi connectivity index (χ4n) is 2.18. The van der Waals surface area contributed by atoms with Crippen molar-refractivity contribution in [1.82, 2.24) is 0 Å². The number of carbonyl (C=O) groups is 1. The van der Waals surface area contributed by atoms with Crippen molar-refractivity contribution < 1.29 is 14.6 Å². The third kappa shape index (κ3) is 2.71. The van der Waals surface area contributed by atoms with Crippen LogP contribution in [0.5, 0.6) is 0 Å². The van der Waals surface area contributed by atoms with Gasteiger partial charge in [-0.1, -0.05) is 6.92 Å². The largest absolute Gasteiger partial charge is 0.481 e. The summed E-state index contributed by atoms with van der Waals surface area (Å²) in [6, 6.07) is 0. The molecule has 0 unspecified atom stereocenters. The zero-order chi connectivity index (χ0) is 10.8. The van der Waals surface area contributed by atoms with Crippen LogP contribution in [0.1, 0.15) is 40.0 Å². The standard InChI is InChI=1S/C11H20O3/c1-10(2,9(12)13)8-11(3)4-6-14-7-5-11/h4-8H2,1-3H3,(H,12,13). The SMILES string of the molecule is CC1(CC(C)(C)C(=O)O)CCOCC1. The highest BCUT2D eigenvalue weighted by atomic mass is 16.5. The maximum absolute atomic E-state index is 11.0. The van der Waals surface area contributed by atoms with E-state index < -0.39 is 11.4 Å². The molecule has 1 fully saturated rings. The van der Waals surface area contributed by atoms with Crippen LogP contribution in [0.3, 0.4) is 0 Å². The van der Waals surface area contributed by atoms with Gasteiger partial charge in [0.25, 0.3) is 0 Å². The number of aliphatic carboxylic acids is 1. The van der Waals surface area contributed by atoms with E-state index in [0.29, 0.717) is 0 Å². The number of carboxylic acids is 1. The minimum absolute atomic E-state index is 0.139. The van der Waals surface area contributed by atoms with Gasteiger partial charge >= 0.3 is 5.97 Å². The van der Waals surface area contributed by atoms with E-state index >= 15 is 0 Å². The summed E-state index contributed by atoms with van der Waals surface area (Å²) in [5.74, 6) is -0.704. The predicted molar refractivity (Wildman–Crippen MR) is 54.2 cm³/mol. The summed E-state index contributed by atoms with van der Waals surface area (Å²) < 4.78 is 5.29. The van der Waals surface area contributed by atoms with Crippen LogP contribution in [0.2, 0.25) is 0 Å². The first-order valence-electron chi connectivity index (χ1n) is 5.17. The van der Waals surface area contributed by atoms with Gasteiger partial charge in [-0.15, -0.1) is 0 Å². The Balaban J connectivity index is 2.61. The zero-order valence-corrected chi connectivity index (χ0v) is 9.30. The normalized spacial score (nSPS) is 21.9. The second-order valence-electron chi connectivity index (χ2n) is 5.29. The summed E-state index contributed by atoms with van der Waals surface area (Å²) in [5.41, 5.74) is -0.480. The Kier molecular flexibility index (Phi) is 3.20. The molecule has 0 aromatic heterocycles. The molecule has 3 nitrogen and oxygen atoms in total. The van der Waals surface area contributed by atoms with Gasteiger partial charge in [0, 0.05) is 13.2 Å². The van der Waals surface area contributed by atoms with Crippen molar-refractivity contribution in [2.75, 3.05) is 13.2 Å².